The minimum absolute atomic E-state index is 0.0357. The highest BCUT2D eigenvalue weighted by Crippen LogP contribution is 2.43. The molecule has 1 aliphatic rings. The van der Waals surface area contributed by atoms with Crippen LogP contribution in [0.5, 0.6) is 0 Å². The molecule has 0 spiro atoms. The number of nitrogens with two attached hydrogens (primary N) is 1. The third kappa shape index (κ3) is 3.40. The monoisotopic (exact) mass is 452 g/mol. The molecule has 4 N–H and O–H groups in total. The van der Waals surface area contributed by atoms with Crippen LogP contribution in [0.15, 0.2) is 29.2 Å². The predicted molar refractivity (Wildman–Crippen MR) is 124 cm³/mol. The van der Waals surface area contributed by atoms with Gasteiger partial charge in [-0.1, -0.05) is 6.07 Å². The molecule has 1 atom stereocenters. The number of fused-ring (bicyclic) bond motifs is 1. The lowest BCUT2D eigenvalue weighted by Gasteiger charge is -2.23. The summed E-state index contributed by atoms with van der Waals surface area (Å²) in [6, 6.07) is 8.72. The quantitative estimate of drug-likeness (QED) is 0.410. The first-order chi connectivity index (χ1) is 16.4. The van der Waals surface area contributed by atoms with Crippen LogP contribution in [0.25, 0.3) is 16.7 Å². The second-order valence-electron chi connectivity index (χ2n) is 8.29. The van der Waals surface area contributed by atoms with Crippen molar-refractivity contribution >= 4 is 22.7 Å². The maximum absolute atomic E-state index is 13.7. The number of anilines is 2. The Bertz CT molecular complexity index is 1580. The number of aromatic amines is 1. The van der Waals surface area contributed by atoms with Gasteiger partial charge < -0.3 is 11.1 Å². The van der Waals surface area contributed by atoms with Crippen LogP contribution in [0.3, 0.4) is 0 Å². The van der Waals surface area contributed by atoms with Gasteiger partial charge in [-0.2, -0.15) is 20.6 Å². The number of aryl methyl sites for hydroxylation is 2. The Labute approximate surface area is 193 Å². The number of H-pyrrole nitrogens is 1. The normalized spacial score (nSPS) is 13.9. The lowest BCUT2D eigenvalue weighted by molar-refractivity contribution is 0.604. The van der Waals surface area contributed by atoms with Crippen LogP contribution < -0.4 is 16.6 Å². The van der Waals surface area contributed by atoms with Crippen molar-refractivity contribution < 1.29 is 0 Å². The minimum Gasteiger partial charge on any atom is -0.368 e. The average molecular weight is 452 g/mol. The van der Waals surface area contributed by atoms with Gasteiger partial charge in [0.25, 0.3) is 5.56 Å². The molecule has 11 heteroatoms. The predicted octanol–water partition coefficient (Wildman–Crippen LogP) is 2.40. The molecule has 1 aliphatic carbocycles. The van der Waals surface area contributed by atoms with Gasteiger partial charge in [-0.15, -0.1) is 0 Å². The van der Waals surface area contributed by atoms with Crippen molar-refractivity contribution in [2.45, 2.75) is 32.7 Å². The van der Waals surface area contributed by atoms with Gasteiger partial charge in [-0.05, 0) is 44.7 Å². The number of rotatable bonds is 5. The number of nitrogen functional groups attached to an aromatic ring is 1. The van der Waals surface area contributed by atoms with E-state index in [9.17, 15) is 15.3 Å². The molecule has 3 heterocycles. The van der Waals surface area contributed by atoms with Crippen molar-refractivity contribution in [3.8, 4) is 18.0 Å². The van der Waals surface area contributed by atoms with E-state index in [-0.39, 0.29) is 28.8 Å². The van der Waals surface area contributed by atoms with Crippen LogP contribution >= 0.6 is 0 Å². The fourth-order valence-electron chi connectivity index (χ4n) is 4.11. The summed E-state index contributed by atoms with van der Waals surface area (Å²) in [5.74, 6) is 1.33. The zero-order valence-electron chi connectivity index (χ0n) is 18.5. The first kappa shape index (κ1) is 21.1. The Morgan fingerprint density at radius 2 is 2.00 bits per heavy atom. The van der Waals surface area contributed by atoms with E-state index in [0.717, 1.165) is 18.4 Å². The summed E-state index contributed by atoms with van der Waals surface area (Å²) in [4.78, 5) is 26.9. The molecular formula is C23H20N10O. The smallest absolute Gasteiger partial charge is 0.267 e. The maximum Gasteiger partial charge on any atom is 0.267 e. The van der Waals surface area contributed by atoms with Gasteiger partial charge >= 0.3 is 0 Å². The topological polar surface area (TPSA) is 175 Å². The molecule has 5 rings (SSSR count). The Morgan fingerprint density at radius 3 is 2.65 bits per heavy atom. The van der Waals surface area contributed by atoms with Gasteiger partial charge in [-0.3, -0.25) is 9.89 Å². The van der Waals surface area contributed by atoms with E-state index in [1.807, 2.05) is 6.92 Å². The summed E-state index contributed by atoms with van der Waals surface area (Å²) in [6.07, 6.45) is 3.42. The number of aromatic nitrogens is 6. The van der Waals surface area contributed by atoms with Gasteiger partial charge in [0.2, 0.25) is 5.95 Å². The molecule has 0 radical (unpaired) electrons. The first-order valence-electron chi connectivity index (χ1n) is 10.7. The molecule has 11 nitrogen and oxygen atoms in total. The summed E-state index contributed by atoms with van der Waals surface area (Å²) < 4.78 is 1.49. The molecule has 168 valence electrons. The Balaban J connectivity index is 1.79. The second kappa shape index (κ2) is 7.98. The molecule has 3 aromatic heterocycles. The van der Waals surface area contributed by atoms with E-state index in [4.69, 9.17) is 10.7 Å². The lowest BCUT2D eigenvalue weighted by Crippen LogP contribution is -2.30. The van der Waals surface area contributed by atoms with Crippen LogP contribution in [-0.2, 0) is 0 Å². The van der Waals surface area contributed by atoms with Crippen LogP contribution in [-0.4, -0.2) is 29.7 Å². The van der Waals surface area contributed by atoms with E-state index in [2.05, 4.69) is 37.6 Å². The first-order valence-corrected chi connectivity index (χ1v) is 10.7. The molecule has 34 heavy (non-hydrogen) atoms. The summed E-state index contributed by atoms with van der Waals surface area (Å²) in [7, 11) is 0. The zero-order valence-corrected chi connectivity index (χ0v) is 18.5. The minimum atomic E-state index is -0.479. The van der Waals surface area contributed by atoms with Crippen molar-refractivity contribution in [1.29, 1.82) is 10.5 Å². The molecule has 0 aliphatic heterocycles. The molecule has 1 aromatic carbocycles. The van der Waals surface area contributed by atoms with Crippen molar-refractivity contribution in [2.24, 2.45) is 5.92 Å². The summed E-state index contributed by atoms with van der Waals surface area (Å²) in [5, 5.41) is 30.0. The molecule has 0 saturated heterocycles. The highest BCUT2D eigenvalue weighted by Gasteiger charge is 2.37. The van der Waals surface area contributed by atoms with E-state index in [1.54, 1.807) is 31.3 Å². The van der Waals surface area contributed by atoms with Crippen molar-refractivity contribution in [1.82, 2.24) is 29.7 Å². The van der Waals surface area contributed by atoms with E-state index < -0.39 is 6.04 Å². The van der Waals surface area contributed by atoms with Gasteiger partial charge in [0, 0.05) is 5.56 Å². The van der Waals surface area contributed by atoms with Gasteiger partial charge in [-0.25, -0.2) is 14.5 Å². The largest absolute Gasteiger partial charge is 0.368 e. The standard InChI is InChI=1S/C23H20N10O/c1-11-10-27-32-20(11)33-21(30-17-14(8-24)4-3-5-15(17)22(33)34)18(13-6-7-13)29-19-16(9-25)12(2)28-23(26)31-19/h3-5,10,13,18H,6-7H2,1-2H3,(H,27,32)(H3,26,28,29,31)/t18-/m0/s1. The molecule has 4 aromatic rings. The Hall–Kier alpha value is -4.77. The number of nitrogens with zero attached hydrogens (tertiary/aromatic N) is 7. The van der Waals surface area contributed by atoms with Crippen molar-refractivity contribution in [2.75, 3.05) is 11.1 Å². The van der Waals surface area contributed by atoms with Gasteiger partial charge in [0.1, 0.15) is 35.2 Å². The van der Waals surface area contributed by atoms with E-state index in [0.29, 0.717) is 33.8 Å². The maximum atomic E-state index is 13.7. The van der Waals surface area contributed by atoms with Crippen LogP contribution in [0.1, 0.15) is 47.1 Å². The van der Waals surface area contributed by atoms with Gasteiger partial charge in [0.15, 0.2) is 0 Å². The highest BCUT2D eigenvalue weighted by molar-refractivity contribution is 5.83. The van der Waals surface area contributed by atoms with E-state index in [1.165, 1.54) is 4.57 Å². The summed E-state index contributed by atoms with van der Waals surface area (Å²) in [6.45, 7) is 3.53. The molecule has 0 bridgehead atoms. The Kier molecular flexibility index (Phi) is 4.95. The van der Waals surface area contributed by atoms with Crippen molar-refractivity contribution in [3.05, 3.63) is 63.0 Å². The third-order valence-electron chi connectivity index (χ3n) is 5.95. The van der Waals surface area contributed by atoms with Crippen LogP contribution in [0, 0.1) is 42.4 Å². The lowest BCUT2D eigenvalue weighted by atomic mass is 10.1. The van der Waals surface area contributed by atoms with Gasteiger partial charge in [0.05, 0.1) is 34.4 Å². The fourth-order valence-corrected chi connectivity index (χ4v) is 4.11. The summed E-state index contributed by atoms with van der Waals surface area (Å²) >= 11 is 0. The fraction of sp³-hybridized carbons (Fsp3) is 0.261. The number of nitrogens with one attached hydrogen (secondary N) is 2. The van der Waals surface area contributed by atoms with Crippen LogP contribution in [0.2, 0.25) is 0 Å². The van der Waals surface area contributed by atoms with Crippen molar-refractivity contribution in [3.63, 3.8) is 0 Å². The molecule has 0 unspecified atom stereocenters. The van der Waals surface area contributed by atoms with Crippen LogP contribution in [0.4, 0.5) is 11.8 Å². The second-order valence-corrected chi connectivity index (χ2v) is 8.29. The summed E-state index contributed by atoms with van der Waals surface area (Å²) in [5.41, 5.74) is 7.64. The number of hydrogen-bond donors (Lipinski definition) is 3. The third-order valence-corrected chi connectivity index (χ3v) is 5.95. The number of para-hydroxylation sites is 1. The molecule has 1 saturated carbocycles. The number of benzene rings is 1. The highest BCUT2D eigenvalue weighted by atomic mass is 16.1. The number of hydrogen-bond acceptors (Lipinski definition) is 9. The van der Waals surface area contributed by atoms with E-state index >= 15 is 0 Å². The Morgan fingerprint density at radius 1 is 1.21 bits per heavy atom. The molecule has 0 amide bonds. The SMILES string of the molecule is Cc1cn[nH]c1-n1c([C@@H](Nc2nc(N)nc(C)c2C#N)C2CC2)nc2c(C#N)cccc2c1=O. The molecular weight excluding hydrogens is 432 g/mol. The average Bonchev–Trinajstić information content (AvgIpc) is 3.57. The number of nitriles is 2. The molecule has 1 fully saturated rings. The zero-order chi connectivity index (χ0) is 24.0.